The molecule has 0 aromatic rings. The summed E-state index contributed by atoms with van der Waals surface area (Å²) in [6, 6.07) is 1.06. The van der Waals surface area contributed by atoms with Gasteiger partial charge in [0.25, 0.3) is 0 Å². The van der Waals surface area contributed by atoms with Gasteiger partial charge in [0.1, 0.15) is 0 Å². The summed E-state index contributed by atoms with van der Waals surface area (Å²) in [4.78, 5) is 25.9. The Labute approximate surface area is 208 Å². The zero-order chi connectivity index (χ0) is 24.9. The SMILES string of the molecule is CCCC[Si](C)(C)OC1(OC(C)=O)CC[C@@]2(C)C(=CC(=O)[C@H]3[C@@H]4CC[C@H](CC)[C@@]4(C)CC[C@@H]32)C1. The molecule has 0 aliphatic heterocycles. The average Bonchev–Trinajstić information content (AvgIpc) is 3.09. The lowest BCUT2D eigenvalue weighted by Crippen LogP contribution is -2.57. The number of hydrogen-bond acceptors (Lipinski definition) is 4. The van der Waals surface area contributed by atoms with E-state index in [9.17, 15) is 9.59 Å². The largest absolute Gasteiger partial charge is 0.434 e. The number of carbonyl (C=O) groups is 2. The van der Waals surface area contributed by atoms with Gasteiger partial charge in [-0.15, -0.1) is 0 Å². The second kappa shape index (κ2) is 9.17. The van der Waals surface area contributed by atoms with Crippen molar-refractivity contribution in [2.45, 2.75) is 124 Å². The van der Waals surface area contributed by atoms with E-state index in [1.165, 1.54) is 38.2 Å². The highest BCUT2D eigenvalue weighted by Gasteiger charge is 2.62. The molecule has 4 rings (SSSR count). The normalized spacial score (nSPS) is 41.9. The third-order valence-electron chi connectivity index (χ3n) is 10.6. The molecule has 0 N–H and O–H groups in total. The lowest BCUT2D eigenvalue weighted by Gasteiger charge is -2.58. The van der Waals surface area contributed by atoms with E-state index in [0.717, 1.165) is 44.1 Å². The van der Waals surface area contributed by atoms with Gasteiger partial charge in [-0.1, -0.05) is 52.5 Å². The van der Waals surface area contributed by atoms with E-state index in [1.807, 2.05) is 6.08 Å². The maximum absolute atomic E-state index is 13.7. The summed E-state index contributed by atoms with van der Waals surface area (Å²) in [6.45, 7) is 15.4. The van der Waals surface area contributed by atoms with E-state index >= 15 is 0 Å². The van der Waals surface area contributed by atoms with Gasteiger partial charge in [-0.05, 0) is 85.9 Å². The molecule has 3 fully saturated rings. The molecule has 7 atom stereocenters. The second-order valence-electron chi connectivity index (χ2n) is 13.1. The highest BCUT2D eigenvalue weighted by Crippen LogP contribution is 2.66. The van der Waals surface area contributed by atoms with E-state index in [1.54, 1.807) is 0 Å². The van der Waals surface area contributed by atoms with Crippen LogP contribution in [0, 0.1) is 34.5 Å². The summed E-state index contributed by atoms with van der Waals surface area (Å²) < 4.78 is 12.8. The van der Waals surface area contributed by atoms with Crippen LogP contribution in [0.1, 0.15) is 98.8 Å². The fraction of sp³-hybridized carbons (Fsp3) is 0.862. The fourth-order valence-corrected chi connectivity index (χ4v) is 11.3. The molecule has 34 heavy (non-hydrogen) atoms. The van der Waals surface area contributed by atoms with E-state index in [0.29, 0.717) is 29.5 Å². The minimum Gasteiger partial charge on any atom is -0.434 e. The number of esters is 1. The van der Waals surface area contributed by atoms with E-state index in [4.69, 9.17) is 9.16 Å². The average molecular weight is 489 g/mol. The molecule has 4 aliphatic rings. The van der Waals surface area contributed by atoms with Gasteiger partial charge in [-0.2, -0.15) is 0 Å². The topological polar surface area (TPSA) is 52.6 Å². The Morgan fingerprint density at radius 3 is 2.47 bits per heavy atom. The van der Waals surface area contributed by atoms with Crippen LogP contribution in [0.15, 0.2) is 11.6 Å². The molecule has 192 valence electrons. The van der Waals surface area contributed by atoms with Crippen LogP contribution in [0.5, 0.6) is 0 Å². The minimum atomic E-state index is -2.01. The van der Waals surface area contributed by atoms with Gasteiger partial charge >= 0.3 is 5.97 Å². The van der Waals surface area contributed by atoms with Crippen molar-refractivity contribution in [3.8, 4) is 0 Å². The molecule has 1 unspecified atom stereocenters. The number of carbonyl (C=O) groups excluding carboxylic acids is 2. The molecule has 0 bridgehead atoms. The Hall–Kier alpha value is -0.943. The van der Waals surface area contributed by atoms with Crippen molar-refractivity contribution in [1.29, 1.82) is 0 Å². The van der Waals surface area contributed by atoms with Gasteiger partial charge in [-0.3, -0.25) is 9.59 Å². The first kappa shape index (κ1) is 26.1. The number of unbranched alkanes of at least 4 members (excludes halogenated alkanes) is 1. The molecule has 0 radical (unpaired) electrons. The number of ether oxygens (including phenoxy) is 1. The Morgan fingerprint density at radius 1 is 1.09 bits per heavy atom. The molecule has 0 saturated heterocycles. The molecule has 4 nitrogen and oxygen atoms in total. The van der Waals surface area contributed by atoms with E-state index < -0.39 is 14.1 Å². The van der Waals surface area contributed by atoms with Crippen molar-refractivity contribution < 1.29 is 18.8 Å². The summed E-state index contributed by atoms with van der Waals surface area (Å²) in [6.07, 6.45) is 12.6. The summed E-state index contributed by atoms with van der Waals surface area (Å²) in [5.41, 5.74) is 1.51. The number of allylic oxidation sites excluding steroid dienone is 1. The first-order valence-electron chi connectivity index (χ1n) is 14.0. The lowest BCUT2D eigenvalue weighted by atomic mass is 9.47. The van der Waals surface area contributed by atoms with Crippen molar-refractivity contribution in [1.82, 2.24) is 0 Å². The van der Waals surface area contributed by atoms with Gasteiger partial charge in [0, 0.05) is 25.7 Å². The van der Waals surface area contributed by atoms with Crippen LogP contribution in [0.3, 0.4) is 0 Å². The quantitative estimate of drug-likeness (QED) is 0.212. The van der Waals surface area contributed by atoms with Crippen LogP contribution in [0.4, 0.5) is 0 Å². The highest BCUT2D eigenvalue weighted by molar-refractivity contribution is 6.71. The number of rotatable bonds is 7. The molecule has 0 heterocycles. The first-order valence-corrected chi connectivity index (χ1v) is 17.2. The Balaban J connectivity index is 1.64. The standard InChI is InChI=1S/C29H48O4Si/c1-8-10-17-34(6,7)33-29(32-20(3)30)16-15-28(5)22(19-29)18-25(31)26-23-12-11-21(9-2)27(23,4)14-13-24(26)28/h18,21,23-24,26H,8-17,19H2,1-7H3/t21-,23-,24-,26-,27+,28-,29?/m0/s1. The van der Waals surface area contributed by atoms with Crippen molar-refractivity contribution >= 4 is 20.1 Å². The van der Waals surface area contributed by atoms with Crippen LogP contribution < -0.4 is 0 Å². The van der Waals surface area contributed by atoms with Crippen LogP contribution in [-0.2, 0) is 18.8 Å². The van der Waals surface area contributed by atoms with Crippen molar-refractivity contribution in [3.05, 3.63) is 11.6 Å². The van der Waals surface area contributed by atoms with Gasteiger partial charge in [0.15, 0.2) is 14.1 Å². The number of ketones is 1. The maximum atomic E-state index is 13.7. The van der Waals surface area contributed by atoms with E-state index in [-0.39, 0.29) is 17.3 Å². The van der Waals surface area contributed by atoms with Gasteiger partial charge in [-0.25, -0.2) is 0 Å². The molecular weight excluding hydrogens is 440 g/mol. The highest BCUT2D eigenvalue weighted by atomic mass is 28.4. The zero-order valence-electron chi connectivity index (χ0n) is 22.8. The predicted octanol–water partition coefficient (Wildman–Crippen LogP) is 7.44. The molecule has 3 saturated carbocycles. The van der Waals surface area contributed by atoms with Crippen LogP contribution in [-0.4, -0.2) is 25.9 Å². The van der Waals surface area contributed by atoms with Crippen molar-refractivity contribution in [3.63, 3.8) is 0 Å². The summed E-state index contributed by atoms with van der Waals surface area (Å²) in [5.74, 6) is 1.01. The Bertz CT molecular complexity index is 849. The lowest BCUT2D eigenvalue weighted by molar-refractivity contribution is -0.213. The Kier molecular flexibility index (Phi) is 7.05. The van der Waals surface area contributed by atoms with Crippen LogP contribution in [0.25, 0.3) is 0 Å². The molecular formula is C29H48O4Si. The summed E-state index contributed by atoms with van der Waals surface area (Å²) in [5, 5.41) is 0. The second-order valence-corrected chi connectivity index (χ2v) is 17.3. The zero-order valence-corrected chi connectivity index (χ0v) is 23.8. The molecule has 0 aromatic carbocycles. The molecule has 0 spiro atoms. The monoisotopic (exact) mass is 488 g/mol. The predicted molar refractivity (Wildman–Crippen MR) is 139 cm³/mol. The van der Waals surface area contributed by atoms with Gasteiger partial charge < -0.3 is 9.16 Å². The van der Waals surface area contributed by atoms with Crippen molar-refractivity contribution in [2.75, 3.05) is 0 Å². The third-order valence-corrected chi connectivity index (χ3v) is 13.0. The Morgan fingerprint density at radius 2 is 1.82 bits per heavy atom. The summed E-state index contributed by atoms with van der Waals surface area (Å²) >= 11 is 0. The van der Waals surface area contributed by atoms with Gasteiger partial charge in [0.2, 0.25) is 5.79 Å². The summed E-state index contributed by atoms with van der Waals surface area (Å²) in [7, 11) is -2.01. The molecule has 0 aromatic heterocycles. The first-order chi connectivity index (χ1) is 15.9. The third kappa shape index (κ3) is 4.38. The minimum absolute atomic E-state index is 0.00628. The smallest absolute Gasteiger partial charge is 0.305 e. The van der Waals surface area contributed by atoms with Gasteiger partial charge in [0.05, 0.1) is 0 Å². The fourth-order valence-electron chi connectivity index (χ4n) is 8.74. The maximum Gasteiger partial charge on any atom is 0.305 e. The number of fused-ring (bicyclic) bond motifs is 5. The molecule has 4 aliphatic carbocycles. The number of hydrogen-bond donors (Lipinski definition) is 0. The molecule has 0 amide bonds. The van der Waals surface area contributed by atoms with E-state index in [2.05, 4.69) is 40.8 Å². The van der Waals surface area contributed by atoms with Crippen LogP contribution in [0.2, 0.25) is 19.1 Å². The molecule has 5 heteroatoms. The van der Waals surface area contributed by atoms with Crippen molar-refractivity contribution in [2.24, 2.45) is 34.5 Å². The van der Waals surface area contributed by atoms with Crippen LogP contribution >= 0.6 is 0 Å².